The number of rotatable bonds is 5. The number of hydrazine groups is 1. The van der Waals surface area contributed by atoms with E-state index >= 15 is 0 Å². The van der Waals surface area contributed by atoms with Crippen LogP contribution in [-0.2, 0) is 4.74 Å². The molecule has 1 saturated carbocycles. The quantitative estimate of drug-likeness (QED) is 0.326. The Balaban J connectivity index is 1.95. The highest BCUT2D eigenvalue weighted by Crippen LogP contribution is 2.33. The van der Waals surface area contributed by atoms with E-state index in [0.29, 0.717) is 17.6 Å². The number of hydrogen-bond acceptors (Lipinski definition) is 6. The monoisotopic (exact) mass is 346 g/mol. The fourth-order valence-electron chi connectivity index (χ4n) is 2.79. The van der Waals surface area contributed by atoms with Gasteiger partial charge in [-0.25, -0.2) is 20.6 Å². The molecular weight excluding hydrogens is 320 g/mol. The number of alkyl carbamates (subject to hydrolysis) is 1. The predicted octanol–water partition coefficient (Wildman–Crippen LogP) is 2.22. The van der Waals surface area contributed by atoms with Gasteiger partial charge in [-0.2, -0.15) is 0 Å². The van der Waals surface area contributed by atoms with Crippen LogP contribution in [0, 0.1) is 5.92 Å². The van der Waals surface area contributed by atoms with Crippen molar-refractivity contribution >= 4 is 17.7 Å². The van der Waals surface area contributed by atoms with Gasteiger partial charge in [0.25, 0.3) is 0 Å². The molecule has 136 valence electrons. The molecule has 8 heteroatoms. The second-order valence-corrected chi connectivity index (χ2v) is 6.43. The Morgan fingerprint density at radius 3 is 2.88 bits per heavy atom. The summed E-state index contributed by atoms with van der Waals surface area (Å²) in [7, 11) is 0. The number of hydrogen-bond donors (Lipinski definition) is 3. The maximum atomic E-state index is 11.7. The molecule has 2 rings (SSSR count). The van der Waals surface area contributed by atoms with Crippen molar-refractivity contribution in [2.24, 2.45) is 16.8 Å². The number of carbonyl (C=O) groups excluding carboxylic acids is 1. The fourth-order valence-corrected chi connectivity index (χ4v) is 2.79. The minimum absolute atomic E-state index is 0.0571. The summed E-state index contributed by atoms with van der Waals surface area (Å²) in [6.45, 7) is 5.84. The van der Waals surface area contributed by atoms with Crippen molar-refractivity contribution in [3.05, 3.63) is 30.2 Å². The first-order valence-electron chi connectivity index (χ1n) is 8.44. The van der Waals surface area contributed by atoms with Crippen LogP contribution < -0.4 is 16.6 Å². The Morgan fingerprint density at radius 1 is 1.44 bits per heavy atom. The maximum absolute atomic E-state index is 11.7. The molecular formula is C17H26N6O2. The molecule has 0 aliphatic heterocycles. The average Bonchev–Trinajstić information content (AvgIpc) is 3.02. The molecule has 2 atom stereocenters. The van der Waals surface area contributed by atoms with Gasteiger partial charge in [0.1, 0.15) is 11.9 Å². The van der Waals surface area contributed by atoms with E-state index in [9.17, 15) is 4.79 Å². The number of aliphatic imine (C=N–C) groups is 1. The number of amidine groups is 1. The molecule has 25 heavy (non-hydrogen) atoms. The van der Waals surface area contributed by atoms with Crippen LogP contribution in [0.3, 0.4) is 0 Å². The summed E-state index contributed by atoms with van der Waals surface area (Å²) in [4.78, 5) is 24.1. The topological polar surface area (TPSA) is 115 Å². The van der Waals surface area contributed by atoms with E-state index < -0.39 is 0 Å². The molecule has 0 aromatic carbocycles. The summed E-state index contributed by atoms with van der Waals surface area (Å²) in [5.74, 6) is 6.88. The highest BCUT2D eigenvalue weighted by Gasteiger charge is 2.28. The van der Waals surface area contributed by atoms with Gasteiger partial charge in [0.15, 0.2) is 5.82 Å². The molecule has 8 nitrogen and oxygen atoms in total. The number of nitrogens with two attached hydrogens (primary N) is 1. The number of amides is 1. The largest absolute Gasteiger partial charge is 0.446 e. The van der Waals surface area contributed by atoms with Crippen LogP contribution in [0.15, 0.2) is 35.2 Å². The van der Waals surface area contributed by atoms with E-state index in [2.05, 4.69) is 25.7 Å². The van der Waals surface area contributed by atoms with Gasteiger partial charge in [0.2, 0.25) is 0 Å². The lowest BCUT2D eigenvalue weighted by Crippen LogP contribution is -2.33. The molecule has 1 aliphatic rings. The molecule has 0 spiro atoms. The Morgan fingerprint density at radius 2 is 2.24 bits per heavy atom. The van der Waals surface area contributed by atoms with Crippen LogP contribution in [0.1, 0.15) is 40.0 Å². The van der Waals surface area contributed by atoms with E-state index in [1.165, 1.54) is 0 Å². The van der Waals surface area contributed by atoms with Crippen molar-refractivity contribution in [2.45, 2.75) is 52.2 Å². The van der Waals surface area contributed by atoms with Crippen molar-refractivity contribution in [2.75, 3.05) is 0 Å². The van der Waals surface area contributed by atoms with Crippen LogP contribution in [0.5, 0.6) is 0 Å². The van der Waals surface area contributed by atoms with Crippen molar-refractivity contribution < 1.29 is 9.53 Å². The van der Waals surface area contributed by atoms with Crippen LogP contribution in [0.4, 0.5) is 10.6 Å². The van der Waals surface area contributed by atoms with Gasteiger partial charge in [0, 0.05) is 18.4 Å². The maximum Gasteiger partial charge on any atom is 0.407 e. The summed E-state index contributed by atoms with van der Waals surface area (Å²) in [5, 5.41) is 2.75. The van der Waals surface area contributed by atoms with E-state index in [0.717, 1.165) is 24.8 Å². The van der Waals surface area contributed by atoms with Crippen molar-refractivity contribution in [3.63, 3.8) is 0 Å². The minimum atomic E-state index is -0.351. The lowest BCUT2D eigenvalue weighted by Gasteiger charge is -2.15. The summed E-state index contributed by atoms with van der Waals surface area (Å²) in [6, 6.07) is 0.0711. The number of allylic oxidation sites excluding steroid dienone is 1. The molecule has 0 bridgehead atoms. The van der Waals surface area contributed by atoms with E-state index in [-0.39, 0.29) is 18.2 Å². The number of carbonyl (C=O) groups is 1. The van der Waals surface area contributed by atoms with Gasteiger partial charge in [0.05, 0.1) is 6.20 Å². The Kier molecular flexibility index (Phi) is 6.88. The highest BCUT2D eigenvalue weighted by molar-refractivity contribution is 5.94. The lowest BCUT2D eigenvalue weighted by atomic mass is 9.98. The van der Waals surface area contributed by atoms with Crippen LogP contribution in [0.25, 0.3) is 0 Å². The van der Waals surface area contributed by atoms with E-state index in [1.807, 2.05) is 26.8 Å². The minimum Gasteiger partial charge on any atom is -0.446 e. The van der Waals surface area contributed by atoms with Crippen molar-refractivity contribution in [3.8, 4) is 0 Å². The fraction of sp³-hybridized carbons (Fsp3) is 0.529. The Bertz CT molecular complexity index is 629. The molecule has 1 aromatic heterocycles. The van der Waals surface area contributed by atoms with Crippen molar-refractivity contribution in [1.29, 1.82) is 0 Å². The third kappa shape index (κ3) is 6.15. The third-order valence-corrected chi connectivity index (χ3v) is 4.01. The van der Waals surface area contributed by atoms with Gasteiger partial charge in [-0.3, -0.25) is 4.98 Å². The zero-order valence-electron chi connectivity index (χ0n) is 14.9. The first kappa shape index (κ1) is 18.9. The summed E-state index contributed by atoms with van der Waals surface area (Å²) in [5.41, 5.74) is 3.72. The van der Waals surface area contributed by atoms with E-state index in [4.69, 9.17) is 10.6 Å². The van der Waals surface area contributed by atoms with Gasteiger partial charge >= 0.3 is 6.09 Å². The summed E-state index contributed by atoms with van der Waals surface area (Å²) < 4.78 is 5.46. The number of nitrogens with one attached hydrogen (secondary N) is 2. The van der Waals surface area contributed by atoms with Gasteiger partial charge in [-0.1, -0.05) is 5.57 Å². The number of ether oxygens (including phenoxy) is 1. The summed E-state index contributed by atoms with van der Waals surface area (Å²) >= 11 is 0. The van der Waals surface area contributed by atoms with E-state index in [1.54, 1.807) is 18.6 Å². The Labute approximate surface area is 147 Å². The highest BCUT2D eigenvalue weighted by atomic mass is 16.6. The second-order valence-electron chi connectivity index (χ2n) is 6.43. The molecule has 4 N–H and O–H groups in total. The van der Waals surface area contributed by atoms with Crippen molar-refractivity contribution in [1.82, 2.24) is 20.7 Å². The zero-order valence-corrected chi connectivity index (χ0v) is 14.9. The van der Waals surface area contributed by atoms with Crippen LogP contribution in [0.2, 0.25) is 0 Å². The van der Waals surface area contributed by atoms with Crippen LogP contribution >= 0.6 is 0 Å². The first-order valence-corrected chi connectivity index (χ1v) is 8.44. The molecule has 0 saturated heterocycles. The molecule has 1 fully saturated rings. The van der Waals surface area contributed by atoms with Crippen LogP contribution in [-0.4, -0.2) is 34.0 Å². The lowest BCUT2D eigenvalue weighted by molar-refractivity contribution is 0.0975. The normalized spacial score (nSPS) is 21.3. The Hall–Kier alpha value is -2.48. The predicted molar refractivity (Wildman–Crippen MR) is 96.1 cm³/mol. The SMILES string of the molecule is C/C(=C\C(=Nc1cnccn1)NN)[C@H]1CC[C@@H](OC(=O)NC(C)C)C1. The average molecular weight is 346 g/mol. The van der Waals surface area contributed by atoms with Gasteiger partial charge in [-0.05, 0) is 52.0 Å². The molecule has 1 aromatic rings. The number of aromatic nitrogens is 2. The number of nitrogens with zero attached hydrogens (tertiary/aromatic N) is 3. The smallest absolute Gasteiger partial charge is 0.407 e. The zero-order chi connectivity index (χ0) is 18.2. The van der Waals surface area contributed by atoms with Gasteiger partial charge < -0.3 is 15.5 Å². The van der Waals surface area contributed by atoms with Gasteiger partial charge in [-0.15, -0.1) is 0 Å². The standard InChI is InChI=1S/C17H26N6O2/c1-11(2)21-17(24)25-14-5-4-13(9-14)12(3)8-15(23-18)22-16-10-19-6-7-20-16/h6-8,10-11,13-14H,4-5,9,18H2,1-3H3,(H,21,24)(H,20,22,23)/b12-8+/t13-,14+/m0/s1. The molecule has 0 radical (unpaired) electrons. The molecule has 0 unspecified atom stereocenters. The summed E-state index contributed by atoms with van der Waals surface area (Å²) in [6.07, 6.45) is 8.84. The molecule has 1 aliphatic carbocycles. The third-order valence-electron chi connectivity index (χ3n) is 4.01. The molecule has 1 amide bonds. The first-order chi connectivity index (χ1) is 12.0. The second kappa shape index (κ2) is 9.12. The molecule has 1 heterocycles.